The van der Waals surface area contributed by atoms with E-state index in [2.05, 4.69) is 10.3 Å². The molecule has 0 spiro atoms. The number of nitrogens with two attached hydrogens (primary N) is 1. The van der Waals surface area contributed by atoms with Crippen LogP contribution < -0.4 is 11.3 Å². The van der Waals surface area contributed by atoms with Crippen molar-refractivity contribution in [3.8, 4) is 0 Å². The summed E-state index contributed by atoms with van der Waals surface area (Å²) >= 11 is 0. The number of ether oxygens (including phenoxy) is 1. The van der Waals surface area contributed by atoms with Crippen LogP contribution in [-0.4, -0.2) is 43.3 Å². The Morgan fingerprint density at radius 3 is 2.35 bits per heavy atom. The molecule has 1 aliphatic heterocycles. The zero-order valence-corrected chi connectivity index (χ0v) is 11.1. The Morgan fingerprint density at radius 2 is 1.82 bits per heavy atom. The van der Waals surface area contributed by atoms with E-state index in [-0.39, 0.29) is 11.6 Å². The van der Waals surface area contributed by atoms with E-state index in [4.69, 9.17) is 10.6 Å². The first kappa shape index (κ1) is 13.3. The van der Waals surface area contributed by atoms with Crippen LogP contribution in [0.4, 0.5) is 0 Å². The lowest BCUT2D eigenvalue weighted by Crippen LogP contribution is -2.64. The molecule has 1 atom stereocenters. The molecule has 2 rings (SSSR count). The summed E-state index contributed by atoms with van der Waals surface area (Å²) in [5.74, 6) is 5.77. The van der Waals surface area contributed by atoms with Crippen LogP contribution in [0.5, 0.6) is 0 Å². The van der Waals surface area contributed by atoms with Crippen LogP contribution in [0.15, 0.2) is 0 Å². The third-order valence-electron chi connectivity index (χ3n) is 4.64. The number of likely N-dealkylation sites (tertiary alicyclic amines) is 1. The van der Waals surface area contributed by atoms with Crippen molar-refractivity contribution in [1.29, 1.82) is 0 Å². The number of hydrogen-bond donors (Lipinski definition) is 2. The Hall–Kier alpha value is -0.160. The maximum Gasteiger partial charge on any atom is 0.0647 e. The first-order chi connectivity index (χ1) is 8.33. The molecule has 4 heteroatoms. The minimum atomic E-state index is 0.255. The molecule has 3 N–H and O–H groups in total. The van der Waals surface area contributed by atoms with E-state index in [9.17, 15) is 0 Å². The highest BCUT2D eigenvalue weighted by molar-refractivity contribution is 5.03. The van der Waals surface area contributed by atoms with E-state index >= 15 is 0 Å². The summed E-state index contributed by atoms with van der Waals surface area (Å²) < 4.78 is 5.35. The maximum absolute atomic E-state index is 5.77. The van der Waals surface area contributed by atoms with Gasteiger partial charge in [-0.15, -0.1) is 0 Å². The van der Waals surface area contributed by atoms with Crippen molar-refractivity contribution in [1.82, 2.24) is 10.3 Å². The third kappa shape index (κ3) is 2.65. The Morgan fingerprint density at radius 1 is 1.18 bits per heavy atom. The summed E-state index contributed by atoms with van der Waals surface area (Å²) in [6, 6.07) is 0.271. The van der Waals surface area contributed by atoms with Crippen molar-refractivity contribution in [2.24, 2.45) is 5.84 Å². The minimum Gasteiger partial charge on any atom is -0.383 e. The van der Waals surface area contributed by atoms with E-state index in [1.165, 1.54) is 58.0 Å². The molecule has 1 aliphatic carbocycles. The molecule has 1 heterocycles. The molecule has 2 fully saturated rings. The fourth-order valence-electron chi connectivity index (χ4n) is 3.74. The summed E-state index contributed by atoms with van der Waals surface area (Å²) in [6.07, 6.45) is 9.27. The van der Waals surface area contributed by atoms with Gasteiger partial charge in [-0.25, -0.2) is 0 Å². The predicted octanol–water partition coefficient (Wildman–Crippen LogP) is 1.26. The molecule has 17 heavy (non-hydrogen) atoms. The lowest BCUT2D eigenvalue weighted by atomic mass is 9.85. The van der Waals surface area contributed by atoms with Gasteiger partial charge >= 0.3 is 0 Å². The van der Waals surface area contributed by atoms with Crippen molar-refractivity contribution < 1.29 is 4.74 Å². The van der Waals surface area contributed by atoms with Crippen molar-refractivity contribution >= 4 is 0 Å². The van der Waals surface area contributed by atoms with Crippen LogP contribution in [-0.2, 0) is 4.74 Å². The van der Waals surface area contributed by atoms with Crippen LogP contribution in [0.2, 0.25) is 0 Å². The molecule has 1 saturated carbocycles. The summed E-state index contributed by atoms with van der Waals surface area (Å²) in [5.41, 5.74) is 3.27. The van der Waals surface area contributed by atoms with Gasteiger partial charge in [0.25, 0.3) is 0 Å². The molecule has 1 saturated heterocycles. The number of nitrogens with one attached hydrogen (secondary N) is 1. The molecule has 0 bridgehead atoms. The van der Waals surface area contributed by atoms with E-state index < -0.39 is 0 Å². The number of nitrogens with zero attached hydrogens (tertiary/aromatic N) is 1. The Bertz CT molecular complexity index is 216. The molecular formula is C13H27N3O. The van der Waals surface area contributed by atoms with Crippen LogP contribution in [0.1, 0.15) is 44.9 Å². The minimum absolute atomic E-state index is 0.255. The molecule has 2 aliphatic rings. The van der Waals surface area contributed by atoms with Crippen molar-refractivity contribution in [2.45, 2.75) is 56.5 Å². The Balaban J connectivity index is 2.11. The van der Waals surface area contributed by atoms with Gasteiger partial charge < -0.3 is 4.74 Å². The number of hydrazine groups is 1. The molecule has 0 aromatic rings. The molecule has 0 amide bonds. The topological polar surface area (TPSA) is 50.5 Å². The first-order valence-electron chi connectivity index (χ1n) is 7.03. The van der Waals surface area contributed by atoms with E-state index in [0.717, 1.165) is 0 Å². The average molecular weight is 241 g/mol. The molecular weight excluding hydrogens is 214 g/mol. The highest BCUT2D eigenvalue weighted by Gasteiger charge is 2.45. The highest BCUT2D eigenvalue weighted by atomic mass is 16.5. The van der Waals surface area contributed by atoms with E-state index in [1.54, 1.807) is 7.11 Å². The van der Waals surface area contributed by atoms with Gasteiger partial charge in [0.2, 0.25) is 0 Å². The second kappa shape index (κ2) is 6.14. The lowest BCUT2D eigenvalue weighted by molar-refractivity contribution is 0.00812. The van der Waals surface area contributed by atoms with Gasteiger partial charge in [-0.05, 0) is 38.8 Å². The zero-order chi connectivity index (χ0) is 12.1. The number of methoxy groups -OCH3 is 1. The van der Waals surface area contributed by atoms with Crippen molar-refractivity contribution in [2.75, 3.05) is 26.8 Å². The molecule has 0 aromatic carbocycles. The molecule has 1 unspecified atom stereocenters. The third-order valence-corrected chi connectivity index (χ3v) is 4.64. The number of piperidine rings is 1. The van der Waals surface area contributed by atoms with Gasteiger partial charge in [0, 0.05) is 12.6 Å². The standard InChI is InChI=1S/C13H27N3O/c1-17-11-12(15-14)13(7-3-4-8-13)16-9-5-2-6-10-16/h12,15H,2-11,14H2,1H3. The quantitative estimate of drug-likeness (QED) is 0.562. The van der Waals surface area contributed by atoms with Crippen LogP contribution in [0.3, 0.4) is 0 Å². The van der Waals surface area contributed by atoms with Gasteiger partial charge in [-0.1, -0.05) is 19.3 Å². The molecule has 100 valence electrons. The fourth-order valence-corrected chi connectivity index (χ4v) is 3.74. The van der Waals surface area contributed by atoms with Crippen LogP contribution >= 0.6 is 0 Å². The lowest BCUT2D eigenvalue weighted by Gasteiger charge is -2.48. The summed E-state index contributed by atoms with van der Waals surface area (Å²) in [4.78, 5) is 2.69. The predicted molar refractivity (Wildman–Crippen MR) is 69.6 cm³/mol. The summed E-state index contributed by atoms with van der Waals surface area (Å²) in [6.45, 7) is 3.19. The number of rotatable bonds is 5. The van der Waals surface area contributed by atoms with Crippen LogP contribution in [0.25, 0.3) is 0 Å². The van der Waals surface area contributed by atoms with Crippen molar-refractivity contribution in [3.05, 3.63) is 0 Å². The Kier molecular flexibility index (Phi) is 4.79. The summed E-state index contributed by atoms with van der Waals surface area (Å²) in [5, 5.41) is 0. The van der Waals surface area contributed by atoms with Crippen molar-refractivity contribution in [3.63, 3.8) is 0 Å². The maximum atomic E-state index is 5.77. The van der Waals surface area contributed by atoms with Gasteiger partial charge in [0.05, 0.1) is 12.6 Å². The first-order valence-corrected chi connectivity index (χ1v) is 7.03. The average Bonchev–Trinajstić information content (AvgIpc) is 2.87. The largest absolute Gasteiger partial charge is 0.383 e. The second-order valence-corrected chi connectivity index (χ2v) is 5.53. The van der Waals surface area contributed by atoms with Crippen LogP contribution in [0, 0.1) is 0 Å². The van der Waals surface area contributed by atoms with Gasteiger partial charge in [-0.2, -0.15) is 0 Å². The van der Waals surface area contributed by atoms with E-state index in [1.807, 2.05) is 0 Å². The van der Waals surface area contributed by atoms with Gasteiger partial charge in [0.15, 0.2) is 0 Å². The number of hydrogen-bond acceptors (Lipinski definition) is 4. The highest BCUT2D eigenvalue weighted by Crippen LogP contribution is 2.39. The molecule has 0 radical (unpaired) electrons. The van der Waals surface area contributed by atoms with Gasteiger partial charge in [0.1, 0.15) is 0 Å². The van der Waals surface area contributed by atoms with Gasteiger partial charge in [-0.3, -0.25) is 16.2 Å². The molecule has 4 nitrogen and oxygen atoms in total. The second-order valence-electron chi connectivity index (χ2n) is 5.53. The fraction of sp³-hybridized carbons (Fsp3) is 1.00. The smallest absolute Gasteiger partial charge is 0.0647 e. The SMILES string of the molecule is COCC(NN)C1(N2CCCCC2)CCCC1. The summed E-state index contributed by atoms with van der Waals surface area (Å²) in [7, 11) is 1.77. The molecule has 0 aromatic heterocycles. The normalized spacial score (nSPS) is 27.2. The monoisotopic (exact) mass is 241 g/mol. The zero-order valence-electron chi connectivity index (χ0n) is 11.1. The van der Waals surface area contributed by atoms with E-state index in [0.29, 0.717) is 6.61 Å². The Labute approximate surface area is 105 Å².